The Morgan fingerprint density at radius 2 is 2.20 bits per heavy atom. The van der Waals surface area contributed by atoms with Gasteiger partial charge < -0.3 is 14.8 Å². The lowest BCUT2D eigenvalue weighted by atomic mass is 9.93. The van der Waals surface area contributed by atoms with Gasteiger partial charge in [0, 0.05) is 18.5 Å². The van der Waals surface area contributed by atoms with Crippen LogP contribution in [-0.2, 0) is 0 Å². The normalized spacial score (nSPS) is 20.1. The summed E-state index contributed by atoms with van der Waals surface area (Å²) in [7, 11) is 1.63. The molecule has 4 heteroatoms. The van der Waals surface area contributed by atoms with E-state index in [0.29, 0.717) is 17.7 Å². The molecule has 1 aromatic rings. The first-order valence-electron chi connectivity index (χ1n) is 7.49. The van der Waals surface area contributed by atoms with Crippen LogP contribution in [0.1, 0.15) is 32.4 Å². The first-order chi connectivity index (χ1) is 9.60. The van der Waals surface area contributed by atoms with Crippen molar-refractivity contribution in [2.24, 2.45) is 11.8 Å². The second-order valence-electron chi connectivity index (χ2n) is 5.98. The topological polar surface area (TPSA) is 43.4 Å². The highest BCUT2D eigenvalue weighted by molar-refractivity contribution is 5.30. The molecule has 0 amide bonds. The Kier molecular flexibility index (Phi) is 5.24. The Morgan fingerprint density at radius 1 is 1.40 bits per heavy atom. The quantitative estimate of drug-likeness (QED) is 0.869. The van der Waals surface area contributed by atoms with Crippen molar-refractivity contribution in [1.82, 2.24) is 10.3 Å². The van der Waals surface area contributed by atoms with Crippen molar-refractivity contribution >= 4 is 0 Å². The average molecular weight is 278 g/mol. The molecule has 20 heavy (non-hydrogen) atoms. The van der Waals surface area contributed by atoms with E-state index in [9.17, 15) is 0 Å². The highest BCUT2D eigenvalue weighted by atomic mass is 16.5. The Labute approximate surface area is 121 Å². The van der Waals surface area contributed by atoms with Crippen LogP contribution in [0.4, 0.5) is 0 Å². The van der Waals surface area contributed by atoms with Crippen LogP contribution in [0.3, 0.4) is 0 Å². The minimum absolute atomic E-state index is 0.263. The first-order valence-corrected chi connectivity index (χ1v) is 7.49. The summed E-state index contributed by atoms with van der Waals surface area (Å²) in [5, 5.41) is 3.43. The molecule has 2 heterocycles. The van der Waals surface area contributed by atoms with E-state index in [2.05, 4.69) is 24.1 Å². The summed E-state index contributed by atoms with van der Waals surface area (Å²) in [5.74, 6) is 2.74. The van der Waals surface area contributed by atoms with E-state index in [4.69, 9.17) is 9.47 Å². The van der Waals surface area contributed by atoms with Crippen molar-refractivity contribution < 1.29 is 9.47 Å². The number of hydrogen-bond acceptors (Lipinski definition) is 4. The van der Waals surface area contributed by atoms with Crippen molar-refractivity contribution in [3.05, 3.63) is 17.8 Å². The van der Waals surface area contributed by atoms with Gasteiger partial charge in [-0.15, -0.1) is 0 Å². The van der Waals surface area contributed by atoms with Gasteiger partial charge in [0.25, 0.3) is 0 Å². The summed E-state index contributed by atoms with van der Waals surface area (Å²) in [4.78, 5) is 4.39. The number of nitrogens with zero attached hydrogens (tertiary/aromatic N) is 1. The van der Waals surface area contributed by atoms with Crippen molar-refractivity contribution in [3.8, 4) is 11.6 Å². The fraction of sp³-hybridized carbons (Fsp3) is 0.688. The third kappa shape index (κ3) is 3.85. The summed E-state index contributed by atoms with van der Waals surface area (Å²) in [6.07, 6.45) is 2.54. The Balaban J connectivity index is 2.10. The number of hydrogen-bond donors (Lipinski definition) is 1. The van der Waals surface area contributed by atoms with Gasteiger partial charge in [0.2, 0.25) is 5.88 Å². The third-order valence-corrected chi connectivity index (χ3v) is 3.83. The molecule has 0 bridgehead atoms. The minimum atomic E-state index is 0.263. The molecule has 1 aliphatic heterocycles. The Hall–Kier alpha value is -1.29. The summed E-state index contributed by atoms with van der Waals surface area (Å²) in [6, 6.07) is 3.83. The monoisotopic (exact) mass is 278 g/mol. The lowest BCUT2D eigenvalue weighted by Gasteiger charge is -2.26. The van der Waals surface area contributed by atoms with Gasteiger partial charge >= 0.3 is 0 Å². The molecule has 0 aliphatic carbocycles. The van der Waals surface area contributed by atoms with Crippen LogP contribution in [0.2, 0.25) is 0 Å². The van der Waals surface area contributed by atoms with Crippen molar-refractivity contribution in [3.63, 3.8) is 0 Å². The lowest BCUT2D eigenvalue weighted by molar-refractivity contribution is 0.118. The maximum absolute atomic E-state index is 6.28. The van der Waals surface area contributed by atoms with Crippen LogP contribution >= 0.6 is 0 Å². The van der Waals surface area contributed by atoms with Crippen LogP contribution in [-0.4, -0.2) is 31.3 Å². The molecule has 1 fully saturated rings. The largest absolute Gasteiger partial charge is 0.488 e. The number of methoxy groups -OCH3 is 1. The fourth-order valence-corrected chi connectivity index (χ4v) is 2.72. The van der Waals surface area contributed by atoms with E-state index in [-0.39, 0.29) is 6.10 Å². The molecule has 1 aromatic heterocycles. The molecular formula is C16H26N2O2. The predicted molar refractivity (Wildman–Crippen MR) is 80.4 cm³/mol. The van der Waals surface area contributed by atoms with E-state index in [0.717, 1.165) is 31.0 Å². The second-order valence-corrected chi connectivity index (χ2v) is 5.98. The third-order valence-electron chi connectivity index (χ3n) is 3.83. The van der Waals surface area contributed by atoms with E-state index in [1.54, 1.807) is 7.11 Å². The van der Waals surface area contributed by atoms with Crippen LogP contribution in [0, 0.1) is 18.8 Å². The molecule has 112 valence electrons. The predicted octanol–water partition coefficient (Wildman–Crippen LogP) is 2.80. The first kappa shape index (κ1) is 15.1. The van der Waals surface area contributed by atoms with Gasteiger partial charge in [0.05, 0.1) is 12.8 Å². The summed E-state index contributed by atoms with van der Waals surface area (Å²) < 4.78 is 11.4. The number of aromatic nitrogens is 1. The fourth-order valence-electron chi connectivity index (χ4n) is 2.72. The Morgan fingerprint density at radius 3 is 2.75 bits per heavy atom. The number of aryl methyl sites for hydroxylation is 1. The van der Waals surface area contributed by atoms with E-state index < -0.39 is 0 Å². The molecule has 2 rings (SSSR count). The van der Waals surface area contributed by atoms with E-state index >= 15 is 0 Å². The van der Waals surface area contributed by atoms with Crippen molar-refractivity contribution in [1.29, 1.82) is 0 Å². The molecule has 4 nitrogen and oxygen atoms in total. The van der Waals surface area contributed by atoms with Crippen LogP contribution in [0.15, 0.2) is 12.1 Å². The highest BCUT2D eigenvalue weighted by Crippen LogP contribution is 2.27. The Bertz CT molecular complexity index is 428. The van der Waals surface area contributed by atoms with Crippen molar-refractivity contribution in [2.45, 2.75) is 39.7 Å². The zero-order chi connectivity index (χ0) is 14.5. The number of nitrogens with one attached hydrogen (secondary N) is 1. The maximum Gasteiger partial charge on any atom is 0.213 e. The summed E-state index contributed by atoms with van der Waals surface area (Å²) >= 11 is 0. The van der Waals surface area contributed by atoms with Crippen LogP contribution < -0.4 is 14.8 Å². The standard InChI is InChI=1S/C16H26N2O2/c1-11(2)9-15(13-7-8-17-10-13)20-14-5-6-16(19-4)18-12(14)3/h5-6,11,13,15,17H,7-10H2,1-4H3/t13-,15+/m1/s1. The second kappa shape index (κ2) is 6.93. The zero-order valence-corrected chi connectivity index (χ0v) is 13.0. The molecule has 0 unspecified atom stereocenters. The van der Waals surface area contributed by atoms with Gasteiger partial charge in [-0.05, 0) is 38.3 Å². The molecule has 1 aliphatic rings. The molecule has 0 spiro atoms. The van der Waals surface area contributed by atoms with Gasteiger partial charge in [0.1, 0.15) is 11.9 Å². The molecule has 0 aromatic carbocycles. The maximum atomic E-state index is 6.28. The molecule has 0 radical (unpaired) electrons. The summed E-state index contributed by atoms with van der Waals surface area (Å²) in [5.41, 5.74) is 0.893. The van der Waals surface area contributed by atoms with Gasteiger partial charge in [-0.1, -0.05) is 13.8 Å². The van der Waals surface area contributed by atoms with E-state index in [1.807, 2.05) is 19.1 Å². The minimum Gasteiger partial charge on any atom is -0.488 e. The molecule has 0 saturated carbocycles. The van der Waals surface area contributed by atoms with Gasteiger partial charge in [-0.25, -0.2) is 4.98 Å². The van der Waals surface area contributed by atoms with Crippen LogP contribution in [0.25, 0.3) is 0 Å². The van der Waals surface area contributed by atoms with E-state index in [1.165, 1.54) is 6.42 Å². The number of rotatable bonds is 6. The molecule has 1 N–H and O–H groups in total. The SMILES string of the molecule is COc1ccc(O[C@@H](CC(C)C)[C@@H]2CCNC2)c(C)n1. The number of ether oxygens (including phenoxy) is 2. The van der Waals surface area contributed by atoms with Crippen molar-refractivity contribution in [2.75, 3.05) is 20.2 Å². The number of pyridine rings is 1. The van der Waals surface area contributed by atoms with Crippen LogP contribution in [0.5, 0.6) is 11.6 Å². The lowest BCUT2D eigenvalue weighted by Crippen LogP contribution is -2.30. The zero-order valence-electron chi connectivity index (χ0n) is 13.0. The van der Waals surface area contributed by atoms with Gasteiger partial charge in [0.15, 0.2) is 0 Å². The molecular weight excluding hydrogens is 252 g/mol. The molecule has 1 saturated heterocycles. The molecule has 2 atom stereocenters. The summed E-state index contributed by atoms with van der Waals surface area (Å²) in [6.45, 7) is 8.62. The average Bonchev–Trinajstić information content (AvgIpc) is 2.93. The highest BCUT2D eigenvalue weighted by Gasteiger charge is 2.27. The van der Waals surface area contributed by atoms with Gasteiger partial charge in [-0.2, -0.15) is 0 Å². The smallest absolute Gasteiger partial charge is 0.213 e. The van der Waals surface area contributed by atoms with Gasteiger partial charge in [-0.3, -0.25) is 0 Å².